The lowest BCUT2D eigenvalue weighted by Gasteiger charge is -2.40. The number of carbonyl (C=O) groups is 2. The Bertz CT molecular complexity index is 1830. The standard InChI is InChI=1S/C36H38F4N4O5/c1-21-5-7-24(8-6-21)34(45)44(25-9-11-26(48-2)12-10-25)30-18-29(37)31(17-27(30)35(46)47)49-33-28(36(38,39)40)16-22(19-42-33)20-43-15-13-23-4-3-14-41-32(23)43/h3-4,13-19,21,24-26H,5-12,20H2,1-2H3,(H,46,47)/t21-,24-,25?,26?. The van der Waals surface area contributed by atoms with E-state index in [0.717, 1.165) is 36.4 Å². The zero-order valence-electron chi connectivity index (χ0n) is 27.3. The largest absolute Gasteiger partial charge is 0.478 e. The van der Waals surface area contributed by atoms with Gasteiger partial charge in [-0.3, -0.25) is 4.79 Å². The van der Waals surface area contributed by atoms with Crippen molar-refractivity contribution in [3.8, 4) is 11.6 Å². The number of anilines is 1. The third-order valence-corrected chi connectivity index (χ3v) is 9.78. The predicted octanol–water partition coefficient (Wildman–Crippen LogP) is 8.24. The van der Waals surface area contributed by atoms with Crippen molar-refractivity contribution in [3.05, 3.63) is 77.5 Å². The summed E-state index contributed by atoms with van der Waals surface area (Å²) in [6.45, 7) is 2.15. The van der Waals surface area contributed by atoms with Gasteiger partial charge in [-0.15, -0.1) is 0 Å². The van der Waals surface area contributed by atoms with Crippen molar-refractivity contribution in [2.45, 2.75) is 83.2 Å². The molecule has 13 heteroatoms. The third-order valence-electron chi connectivity index (χ3n) is 9.78. The van der Waals surface area contributed by atoms with Gasteiger partial charge in [-0.2, -0.15) is 13.2 Å². The Kier molecular flexibility index (Phi) is 9.91. The highest BCUT2D eigenvalue weighted by atomic mass is 19.4. The maximum absolute atomic E-state index is 15.9. The molecule has 0 saturated heterocycles. The number of pyridine rings is 2. The van der Waals surface area contributed by atoms with Gasteiger partial charge in [0.05, 0.1) is 23.9 Å². The summed E-state index contributed by atoms with van der Waals surface area (Å²) in [7, 11) is 1.61. The molecule has 3 aromatic heterocycles. The first kappa shape index (κ1) is 34.3. The van der Waals surface area contributed by atoms with Gasteiger partial charge < -0.3 is 24.0 Å². The molecular formula is C36H38F4N4O5. The van der Waals surface area contributed by atoms with Crippen molar-refractivity contribution in [3.63, 3.8) is 0 Å². The zero-order valence-corrected chi connectivity index (χ0v) is 27.3. The van der Waals surface area contributed by atoms with Gasteiger partial charge in [0.15, 0.2) is 11.6 Å². The van der Waals surface area contributed by atoms with Crippen LogP contribution in [0.1, 0.15) is 79.8 Å². The van der Waals surface area contributed by atoms with E-state index in [2.05, 4.69) is 16.9 Å². The number of nitrogens with zero attached hydrogens (tertiary/aromatic N) is 4. The molecule has 0 atom stereocenters. The monoisotopic (exact) mass is 682 g/mol. The second-order valence-corrected chi connectivity index (χ2v) is 13.1. The van der Waals surface area contributed by atoms with E-state index < -0.39 is 46.8 Å². The quantitative estimate of drug-likeness (QED) is 0.177. The number of ether oxygens (including phenoxy) is 2. The summed E-state index contributed by atoms with van der Waals surface area (Å²) < 4.78 is 71.4. The van der Waals surface area contributed by atoms with Crippen LogP contribution >= 0.6 is 0 Å². The minimum atomic E-state index is -4.93. The highest BCUT2D eigenvalue weighted by molar-refractivity contribution is 6.03. The van der Waals surface area contributed by atoms with Crippen LogP contribution in [0.3, 0.4) is 0 Å². The van der Waals surface area contributed by atoms with E-state index in [4.69, 9.17) is 9.47 Å². The first-order valence-corrected chi connectivity index (χ1v) is 16.5. The van der Waals surface area contributed by atoms with Gasteiger partial charge >= 0.3 is 12.1 Å². The average Bonchev–Trinajstić information content (AvgIpc) is 3.49. The van der Waals surface area contributed by atoms with Crippen LogP contribution in [0.5, 0.6) is 11.6 Å². The van der Waals surface area contributed by atoms with Gasteiger partial charge in [-0.1, -0.05) is 6.92 Å². The molecule has 1 aromatic carbocycles. The van der Waals surface area contributed by atoms with Crippen molar-refractivity contribution in [2.24, 2.45) is 11.8 Å². The molecule has 0 bridgehead atoms. The summed E-state index contributed by atoms with van der Waals surface area (Å²) in [4.78, 5) is 36.3. The van der Waals surface area contributed by atoms with Crippen LogP contribution in [0.2, 0.25) is 0 Å². The molecule has 49 heavy (non-hydrogen) atoms. The number of alkyl halides is 3. The molecule has 0 spiro atoms. The molecule has 2 aliphatic carbocycles. The lowest BCUT2D eigenvalue weighted by Crippen LogP contribution is -2.47. The molecule has 3 heterocycles. The van der Waals surface area contributed by atoms with Crippen LogP contribution in [0.4, 0.5) is 23.2 Å². The summed E-state index contributed by atoms with van der Waals surface area (Å²) >= 11 is 0. The lowest BCUT2D eigenvalue weighted by atomic mass is 9.81. The molecule has 1 amide bonds. The number of hydrogen-bond acceptors (Lipinski definition) is 6. The Balaban J connectivity index is 1.34. The van der Waals surface area contributed by atoms with Crippen molar-refractivity contribution in [2.75, 3.05) is 12.0 Å². The zero-order chi connectivity index (χ0) is 34.9. The van der Waals surface area contributed by atoms with Gasteiger partial charge in [0.2, 0.25) is 11.8 Å². The second kappa shape index (κ2) is 14.1. The number of fused-ring (bicyclic) bond motifs is 1. The average molecular weight is 683 g/mol. The van der Waals surface area contributed by atoms with Gasteiger partial charge in [0.25, 0.3) is 0 Å². The fourth-order valence-corrected chi connectivity index (χ4v) is 7.05. The van der Waals surface area contributed by atoms with Crippen LogP contribution in [-0.4, -0.2) is 50.8 Å². The van der Waals surface area contributed by atoms with Gasteiger partial charge in [-0.05, 0) is 87.1 Å². The lowest BCUT2D eigenvalue weighted by molar-refractivity contribution is -0.139. The van der Waals surface area contributed by atoms with E-state index in [0.29, 0.717) is 50.1 Å². The summed E-state index contributed by atoms with van der Waals surface area (Å²) in [5.74, 6) is -4.45. The number of hydrogen-bond donors (Lipinski definition) is 1. The number of aromatic carboxylic acids is 1. The Labute approximate surface area is 280 Å². The molecule has 9 nitrogen and oxygen atoms in total. The molecule has 4 aromatic rings. The maximum Gasteiger partial charge on any atom is 0.421 e. The molecule has 2 aliphatic rings. The number of methoxy groups -OCH3 is 1. The predicted molar refractivity (Wildman–Crippen MR) is 173 cm³/mol. The Morgan fingerprint density at radius 3 is 2.43 bits per heavy atom. The maximum atomic E-state index is 15.9. The number of benzene rings is 1. The van der Waals surface area contributed by atoms with Crippen LogP contribution in [0.15, 0.2) is 55.0 Å². The van der Waals surface area contributed by atoms with Crippen molar-refractivity contribution >= 4 is 28.6 Å². The van der Waals surface area contributed by atoms with Gasteiger partial charge in [-0.25, -0.2) is 19.2 Å². The Hall–Kier alpha value is -4.52. The first-order chi connectivity index (χ1) is 23.4. The molecule has 6 rings (SSSR count). The highest BCUT2D eigenvalue weighted by Crippen LogP contribution is 2.41. The molecule has 260 valence electrons. The summed E-state index contributed by atoms with van der Waals surface area (Å²) in [6, 6.07) is 7.56. The minimum absolute atomic E-state index is 0.00352. The number of rotatable bonds is 9. The Morgan fingerprint density at radius 2 is 1.76 bits per heavy atom. The van der Waals surface area contributed by atoms with Crippen LogP contribution in [-0.2, 0) is 22.3 Å². The summed E-state index contributed by atoms with van der Waals surface area (Å²) in [5, 5.41) is 11.1. The summed E-state index contributed by atoms with van der Waals surface area (Å²) in [5.41, 5.74) is -1.09. The second-order valence-electron chi connectivity index (χ2n) is 13.1. The SMILES string of the molecule is COC1CCC(N(c2cc(F)c(Oc3ncc(Cn4ccc5cccnc54)cc3C(F)(F)F)cc2C(=O)O)C(=O)[C@H]2CC[C@H](C)CC2)CC1. The smallest absolute Gasteiger partial charge is 0.421 e. The van der Waals surface area contributed by atoms with E-state index in [1.54, 1.807) is 36.2 Å². The highest BCUT2D eigenvalue weighted by Gasteiger charge is 2.39. The summed E-state index contributed by atoms with van der Waals surface area (Å²) in [6.07, 6.45) is 4.81. The number of carboxylic acids is 1. The molecular weight excluding hydrogens is 644 g/mol. The van der Waals surface area contributed by atoms with E-state index in [9.17, 15) is 27.9 Å². The first-order valence-electron chi connectivity index (χ1n) is 16.5. The van der Waals surface area contributed by atoms with Crippen LogP contribution < -0.4 is 9.64 Å². The third kappa shape index (κ3) is 7.41. The van der Waals surface area contributed by atoms with E-state index in [1.165, 1.54) is 11.1 Å². The van der Waals surface area contributed by atoms with Crippen molar-refractivity contribution in [1.82, 2.24) is 14.5 Å². The van der Waals surface area contributed by atoms with E-state index in [-0.39, 0.29) is 35.7 Å². The number of carboxylic acid groups (broad SMARTS) is 1. The topological polar surface area (TPSA) is 107 Å². The molecule has 2 saturated carbocycles. The number of halogens is 4. The fourth-order valence-electron chi connectivity index (χ4n) is 7.05. The normalized spacial score (nSPS) is 21.4. The van der Waals surface area contributed by atoms with Gasteiger partial charge in [0.1, 0.15) is 11.2 Å². The van der Waals surface area contributed by atoms with Crippen LogP contribution in [0, 0.1) is 17.7 Å². The number of carbonyl (C=O) groups excluding carboxylic acids is 1. The fraction of sp³-hybridized carbons (Fsp3) is 0.444. The van der Waals surface area contributed by atoms with E-state index >= 15 is 4.39 Å². The van der Waals surface area contributed by atoms with Crippen molar-refractivity contribution < 1.29 is 41.7 Å². The molecule has 2 fully saturated rings. The van der Waals surface area contributed by atoms with Gasteiger partial charge in [0, 0.05) is 55.2 Å². The van der Waals surface area contributed by atoms with E-state index in [1.807, 2.05) is 6.07 Å². The molecule has 0 unspecified atom stereocenters. The molecule has 1 N–H and O–H groups in total. The Morgan fingerprint density at radius 1 is 1.02 bits per heavy atom. The molecule has 0 radical (unpaired) electrons. The molecule has 0 aliphatic heterocycles. The minimum Gasteiger partial charge on any atom is -0.478 e. The van der Waals surface area contributed by atoms with Crippen molar-refractivity contribution in [1.29, 1.82) is 0 Å². The number of aromatic nitrogens is 3. The number of amides is 1. The van der Waals surface area contributed by atoms with Crippen LogP contribution in [0.25, 0.3) is 11.0 Å².